The zero-order chi connectivity index (χ0) is 16.4. The lowest BCUT2D eigenvalue weighted by molar-refractivity contribution is 0.0788. The zero-order valence-electron chi connectivity index (χ0n) is 12.5. The average molecular weight is 334 g/mol. The molecule has 0 aliphatic carbocycles. The fourth-order valence-electron chi connectivity index (χ4n) is 2.82. The number of hydrogen-bond donors (Lipinski definition) is 1. The predicted octanol–water partition coefficient (Wildman–Crippen LogP) is 0.623. The van der Waals surface area contributed by atoms with Crippen molar-refractivity contribution in [2.24, 2.45) is 11.1 Å². The molecule has 1 aliphatic heterocycles. The van der Waals surface area contributed by atoms with E-state index in [4.69, 9.17) is 5.14 Å². The summed E-state index contributed by atoms with van der Waals surface area (Å²) >= 11 is 0. The van der Waals surface area contributed by atoms with Gasteiger partial charge in [-0.05, 0) is 24.5 Å². The second-order valence-corrected chi connectivity index (χ2v) is 7.40. The van der Waals surface area contributed by atoms with Gasteiger partial charge in [0.05, 0.1) is 23.2 Å². The van der Waals surface area contributed by atoms with E-state index >= 15 is 0 Å². The van der Waals surface area contributed by atoms with Crippen LogP contribution in [0.25, 0.3) is 5.69 Å². The smallest absolute Gasteiger partial charge is 0.257 e. The molecule has 2 N–H and O–H groups in total. The molecule has 0 saturated carbocycles. The number of hydrogen-bond acceptors (Lipinski definition) is 4. The first-order valence-electron chi connectivity index (χ1n) is 7.32. The standard InChI is InChI=1S/C15H18N4O3S/c16-23(21,22)11-12-6-7-18(9-12)15(20)13-8-17-19(10-13)14-4-2-1-3-5-14/h1-5,8,10,12H,6-7,9,11H2,(H2,16,21,22)/t12-/m1/s1. The van der Waals surface area contributed by atoms with Gasteiger partial charge in [0, 0.05) is 19.3 Å². The first-order valence-corrected chi connectivity index (χ1v) is 9.04. The van der Waals surface area contributed by atoms with E-state index in [1.54, 1.807) is 15.8 Å². The zero-order valence-corrected chi connectivity index (χ0v) is 13.3. The number of nitrogens with zero attached hydrogens (tertiary/aromatic N) is 3. The Bertz CT molecular complexity index is 801. The number of sulfonamides is 1. The molecule has 1 amide bonds. The Balaban J connectivity index is 1.69. The SMILES string of the molecule is NS(=O)(=O)C[C@@H]1CCN(C(=O)c2cnn(-c3ccccc3)c2)C1. The summed E-state index contributed by atoms with van der Waals surface area (Å²) < 4.78 is 24.0. The van der Waals surface area contributed by atoms with Gasteiger partial charge >= 0.3 is 0 Å². The minimum absolute atomic E-state index is 0.0833. The maximum absolute atomic E-state index is 12.5. The minimum Gasteiger partial charge on any atom is -0.338 e. The number of benzene rings is 1. The maximum atomic E-state index is 12.5. The van der Waals surface area contributed by atoms with Crippen LogP contribution in [0.15, 0.2) is 42.7 Å². The van der Waals surface area contributed by atoms with Crippen molar-refractivity contribution in [3.8, 4) is 5.69 Å². The van der Waals surface area contributed by atoms with E-state index in [0.717, 1.165) is 5.69 Å². The number of rotatable bonds is 4. The Hall–Kier alpha value is -2.19. The molecule has 1 fully saturated rings. The molecule has 23 heavy (non-hydrogen) atoms. The second-order valence-electron chi connectivity index (χ2n) is 5.74. The van der Waals surface area contributed by atoms with E-state index in [0.29, 0.717) is 25.1 Å². The van der Waals surface area contributed by atoms with Crippen LogP contribution in [0.2, 0.25) is 0 Å². The molecule has 1 atom stereocenters. The number of nitrogens with two attached hydrogens (primary N) is 1. The Morgan fingerprint density at radius 1 is 1.30 bits per heavy atom. The Morgan fingerprint density at radius 2 is 2.04 bits per heavy atom. The van der Waals surface area contributed by atoms with Gasteiger partial charge in [0.2, 0.25) is 10.0 Å². The van der Waals surface area contributed by atoms with E-state index < -0.39 is 10.0 Å². The van der Waals surface area contributed by atoms with Gasteiger partial charge in [0.15, 0.2) is 0 Å². The third kappa shape index (κ3) is 3.77. The van der Waals surface area contributed by atoms with Crippen LogP contribution in [0.4, 0.5) is 0 Å². The number of para-hydroxylation sites is 1. The topological polar surface area (TPSA) is 98.3 Å². The first kappa shape index (κ1) is 15.7. The summed E-state index contributed by atoms with van der Waals surface area (Å²) in [4.78, 5) is 14.1. The number of likely N-dealkylation sites (tertiary alicyclic amines) is 1. The van der Waals surface area contributed by atoms with E-state index in [2.05, 4.69) is 5.10 Å². The largest absolute Gasteiger partial charge is 0.338 e. The fraction of sp³-hybridized carbons (Fsp3) is 0.333. The van der Waals surface area contributed by atoms with Gasteiger partial charge in [-0.3, -0.25) is 4.79 Å². The lowest BCUT2D eigenvalue weighted by Gasteiger charge is -2.15. The molecule has 1 aromatic carbocycles. The van der Waals surface area contributed by atoms with E-state index in [-0.39, 0.29) is 17.6 Å². The molecular weight excluding hydrogens is 316 g/mol. The van der Waals surface area contributed by atoms with Crippen LogP contribution in [0.3, 0.4) is 0 Å². The highest BCUT2D eigenvalue weighted by atomic mass is 32.2. The summed E-state index contributed by atoms with van der Waals surface area (Å²) in [5.74, 6) is -0.317. The Morgan fingerprint density at radius 3 is 2.74 bits per heavy atom. The van der Waals surface area contributed by atoms with Crippen molar-refractivity contribution in [2.45, 2.75) is 6.42 Å². The Labute approximate surface area is 134 Å². The summed E-state index contributed by atoms with van der Waals surface area (Å²) in [5.41, 5.74) is 1.37. The summed E-state index contributed by atoms with van der Waals surface area (Å²) in [6.45, 7) is 0.946. The van der Waals surface area contributed by atoms with Crippen LogP contribution >= 0.6 is 0 Å². The molecular formula is C15H18N4O3S. The summed E-state index contributed by atoms with van der Waals surface area (Å²) in [6, 6.07) is 9.51. The van der Waals surface area contributed by atoms with Crippen molar-refractivity contribution < 1.29 is 13.2 Å². The fourth-order valence-corrected chi connectivity index (χ4v) is 3.75. The predicted molar refractivity (Wildman–Crippen MR) is 85.5 cm³/mol. The van der Waals surface area contributed by atoms with Crippen molar-refractivity contribution >= 4 is 15.9 Å². The molecule has 2 heterocycles. The summed E-state index contributed by atoms with van der Waals surface area (Å²) in [5, 5.41) is 9.28. The molecule has 0 unspecified atom stereocenters. The third-order valence-corrected chi connectivity index (χ3v) is 4.83. The highest BCUT2D eigenvalue weighted by Gasteiger charge is 2.29. The van der Waals surface area contributed by atoms with E-state index in [9.17, 15) is 13.2 Å². The van der Waals surface area contributed by atoms with Gasteiger partial charge in [-0.1, -0.05) is 18.2 Å². The van der Waals surface area contributed by atoms with Crippen LogP contribution in [0, 0.1) is 5.92 Å². The molecule has 1 aliphatic rings. The molecule has 7 nitrogen and oxygen atoms in total. The number of primary sulfonamides is 1. The molecule has 0 spiro atoms. The number of amides is 1. The van der Waals surface area contributed by atoms with Gasteiger partial charge in [-0.25, -0.2) is 18.2 Å². The Kier molecular flexibility index (Phi) is 4.18. The monoisotopic (exact) mass is 334 g/mol. The summed E-state index contributed by atoms with van der Waals surface area (Å²) in [6.07, 6.45) is 3.86. The van der Waals surface area contributed by atoms with Gasteiger partial charge in [0.25, 0.3) is 5.91 Å². The quantitative estimate of drug-likeness (QED) is 0.886. The molecule has 122 valence electrons. The lowest BCUT2D eigenvalue weighted by Crippen LogP contribution is -2.30. The first-order chi connectivity index (χ1) is 10.9. The van der Waals surface area contributed by atoms with Gasteiger partial charge in [0.1, 0.15) is 0 Å². The van der Waals surface area contributed by atoms with Crippen LogP contribution in [-0.2, 0) is 10.0 Å². The molecule has 1 saturated heterocycles. The van der Waals surface area contributed by atoms with Crippen LogP contribution in [-0.4, -0.2) is 47.8 Å². The van der Waals surface area contributed by atoms with E-state index in [1.807, 2.05) is 30.3 Å². The van der Waals surface area contributed by atoms with Crippen molar-refractivity contribution in [1.29, 1.82) is 0 Å². The third-order valence-electron chi connectivity index (χ3n) is 3.89. The molecule has 8 heteroatoms. The molecule has 3 rings (SSSR count). The van der Waals surface area contributed by atoms with Crippen molar-refractivity contribution in [1.82, 2.24) is 14.7 Å². The second kappa shape index (κ2) is 6.13. The normalized spacial score (nSPS) is 18.3. The molecule has 1 aromatic heterocycles. The molecule has 0 radical (unpaired) electrons. The van der Waals surface area contributed by atoms with Crippen LogP contribution in [0.1, 0.15) is 16.8 Å². The summed E-state index contributed by atoms with van der Waals surface area (Å²) in [7, 11) is -3.51. The van der Waals surface area contributed by atoms with Crippen LogP contribution < -0.4 is 5.14 Å². The van der Waals surface area contributed by atoms with Crippen molar-refractivity contribution in [2.75, 3.05) is 18.8 Å². The maximum Gasteiger partial charge on any atom is 0.257 e. The minimum atomic E-state index is -3.51. The van der Waals surface area contributed by atoms with Crippen molar-refractivity contribution in [3.63, 3.8) is 0 Å². The number of aromatic nitrogens is 2. The number of carbonyl (C=O) groups excluding carboxylic acids is 1. The van der Waals surface area contributed by atoms with Gasteiger partial charge in [-0.15, -0.1) is 0 Å². The highest BCUT2D eigenvalue weighted by molar-refractivity contribution is 7.89. The lowest BCUT2D eigenvalue weighted by atomic mass is 10.2. The van der Waals surface area contributed by atoms with Gasteiger partial charge < -0.3 is 4.90 Å². The number of carbonyl (C=O) groups is 1. The molecule has 0 bridgehead atoms. The van der Waals surface area contributed by atoms with Gasteiger partial charge in [-0.2, -0.15) is 5.10 Å². The average Bonchev–Trinajstić information content (AvgIpc) is 3.15. The van der Waals surface area contributed by atoms with Crippen molar-refractivity contribution in [3.05, 3.63) is 48.3 Å². The van der Waals surface area contributed by atoms with Crippen LogP contribution in [0.5, 0.6) is 0 Å². The van der Waals surface area contributed by atoms with E-state index in [1.165, 1.54) is 6.20 Å². The molecule has 2 aromatic rings. The highest BCUT2D eigenvalue weighted by Crippen LogP contribution is 2.20.